The van der Waals surface area contributed by atoms with Gasteiger partial charge in [0.25, 0.3) is 0 Å². The third-order valence-electron chi connectivity index (χ3n) is 4.19. The molecule has 1 fully saturated rings. The average molecular weight is 354 g/mol. The highest BCUT2D eigenvalue weighted by molar-refractivity contribution is 9.09. The number of halogens is 1. The topological polar surface area (TPSA) is 44.4 Å². The molecule has 1 aromatic carbocycles. The first-order valence-electron chi connectivity index (χ1n) is 7.50. The summed E-state index contributed by atoms with van der Waals surface area (Å²) in [6.07, 6.45) is 2.17. The lowest BCUT2D eigenvalue weighted by molar-refractivity contribution is 0.0935. The summed E-state index contributed by atoms with van der Waals surface area (Å²) in [6, 6.07) is 5.98. The van der Waals surface area contributed by atoms with Crippen LogP contribution >= 0.6 is 15.9 Å². The number of ether oxygens (including phenoxy) is 1. The van der Waals surface area contributed by atoms with E-state index in [9.17, 15) is 4.79 Å². The molecule has 4 nitrogen and oxygen atoms in total. The zero-order valence-corrected chi connectivity index (χ0v) is 13.9. The lowest BCUT2D eigenvalue weighted by Crippen LogP contribution is -2.19. The average Bonchev–Trinajstić information content (AvgIpc) is 3.02. The molecule has 0 amide bonds. The normalized spacial score (nSPS) is 23.8. The van der Waals surface area contributed by atoms with E-state index in [-0.39, 0.29) is 16.7 Å². The van der Waals surface area contributed by atoms with Crippen molar-refractivity contribution >= 4 is 27.0 Å². The van der Waals surface area contributed by atoms with Crippen molar-refractivity contribution in [1.82, 2.24) is 4.57 Å². The summed E-state index contributed by atoms with van der Waals surface area (Å²) < 4.78 is 12.9. The lowest BCUT2D eigenvalue weighted by atomic mass is 9.97. The van der Waals surface area contributed by atoms with E-state index in [1.165, 1.54) is 0 Å². The van der Waals surface area contributed by atoms with Crippen molar-refractivity contribution in [1.29, 1.82) is 0 Å². The number of alkyl halides is 1. The SMILES string of the molecule is CCCn1c(=O)oc2cc(C(Br)C3OCCC3C)ccc21. The Morgan fingerprint density at radius 1 is 1.48 bits per heavy atom. The maximum Gasteiger partial charge on any atom is 0.419 e. The van der Waals surface area contributed by atoms with Gasteiger partial charge in [-0.15, -0.1) is 0 Å². The van der Waals surface area contributed by atoms with Crippen molar-refractivity contribution in [3.8, 4) is 0 Å². The number of oxazole rings is 1. The van der Waals surface area contributed by atoms with Crippen LogP contribution in [0.1, 0.15) is 37.1 Å². The monoisotopic (exact) mass is 353 g/mol. The van der Waals surface area contributed by atoms with E-state index in [0.717, 1.165) is 30.5 Å². The standard InChI is InChI=1S/C16H20BrNO3/c1-3-7-18-12-5-4-11(9-13(12)21-16(18)19)14(17)15-10(2)6-8-20-15/h4-5,9-10,14-15H,3,6-8H2,1-2H3. The van der Waals surface area contributed by atoms with Crippen LogP contribution < -0.4 is 5.76 Å². The Bertz CT molecular complexity index is 690. The minimum Gasteiger partial charge on any atom is -0.408 e. The minimum absolute atomic E-state index is 0.124. The number of hydrogen-bond acceptors (Lipinski definition) is 3. The number of fused-ring (bicyclic) bond motifs is 1. The maximum absolute atomic E-state index is 11.9. The van der Waals surface area contributed by atoms with E-state index >= 15 is 0 Å². The van der Waals surface area contributed by atoms with E-state index in [1.54, 1.807) is 4.57 Å². The summed E-state index contributed by atoms with van der Waals surface area (Å²) in [6.45, 7) is 5.76. The third kappa shape index (κ3) is 2.69. The van der Waals surface area contributed by atoms with Gasteiger partial charge in [0.1, 0.15) is 0 Å². The zero-order valence-electron chi connectivity index (χ0n) is 12.3. The van der Waals surface area contributed by atoms with Gasteiger partial charge >= 0.3 is 5.76 Å². The van der Waals surface area contributed by atoms with Crippen LogP contribution in [-0.4, -0.2) is 17.3 Å². The van der Waals surface area contributed by atoms with Crippen LogP contribution in [0.25, 0.3) is 11.1 Å². The fourth-order valence-electron chi connectivity index (χ4n) is 2.97. The predicted molar refractivity (Wildman–Crippen MR) is 86.0 cm³/mol. The summed E-state index contributed by atoms with van der Waals surface area (Å²) in [5, 5.41) is 0. The van der Waals surface area contributed by atoms with E-state index in [4.69, 9.17) is 9.15 Å². The van der Waals surface area contributed by atoms with Gasteiger partial charge in [0, 0.05) is 13.2 Å². The van der Waals surface area contributed by atoms with E-state index in [2.05, 4.69) is 28.9 Å². The summed E-state index contributed by atoms with van der Waals surface area (Å²) >= 11 is 3.74. The second-order valence-corrected chi connectivity index (χ2v) is 6.74. The van der Waals surface area contributed by atoms with Gasteiger partial charge in [-0.05, 0) is 36.5 Å². The number of benzene rings is 1. The van der Waals surface area contributed by atoms with Crippen LogP contribution in [0.3, 0.4) is 0 Å². The fourth-order valence-corrected chi connectivity index (χ4v) is 3.93. The molecule has 3 atom stereocenters. The molecule has 5 heteroatoms. The molecular formula is C16H20BrNO3. The van der Waals surface area contributed by atoms with E-state index in [0.29, 0.717) is 18.0 Å². The summed E-state index contributed by atoms with van der Waals surface area (Å²) in [5.41, 5.74) is 2.62. The van der Waals surface area contributed by atoms with Crippen LogP contribution in [-0.2, 0) is 11.3 Å². The maximum atomic E-state index is 11.9. The summed E-state index contributed by atoms with van der Waals surface area (Å²) in [5.74, 6) is 0.252. The Morgan fingerprint density at radius 3 is 2.95 bits per heavy atom. The molecule has 0 bridgehead atoms. The van der Waals surface area contributed by atoms with Crippen molar-refractivity contribution in [3.63, 3.8) is 0 Å². The van der Waals surface area contributed by atoms with Crippen molar-refractivity contribution in [2.45, 2.75) is 44.2 Å². The highest BCUT2D eigenvalue weighted by Crippen LogP contribution is 2.37. The van der Waals surface area contributed by atoms with Gasteiger partial charge in [-0.2, -0.15) is 0 Å². The molecule has 2 aromatic rings. The molecule has 0 N–H and O–H groups in total. The quantitative estimate of drug-likeness (QED) is 0.783. The van der Waals surface area contributed by atoms with Gasteiger partial charge in [0.05, 0.1) is 16.4 Å². The third-order valence-corrected chi connectivity index (χ3v) is 5.24. The molecule has 114 valence electrons. The van der Waals surface area contributed by atoms with Gasteiger partial charge in [0.15, 0.2) is 5.58 Å². The Hall–Kier alpha value is -1.07. The highest BCUT2D eigenvalue weighted by Gasteiger charge is 2.31. The van der Waals surface area contributed by atoms with Crippen molar-refractivity contribution in [3.05, 3.63) is 34.3 Å². The van der Waals surface area contributed by atoms with Crippen molar-refractivity contribution in [2.24, 2.45) is 5.92 Å². The van der Waals surface area contributed by atoms with Gasteiger partial charge in [-0.1, -0.05) is 35.8 Å². The molecular weight excluding hydrogens is 334 g/mol. The molecule has 21 heavy (non-hydrogen) atoms. The van der Waals surface area contributed by atoms with Crippen LogP contribution in [0.5, 0.6) is 0 Å². The Kier molecular flexibility index (Phi) is 4.22. The zero-order chi connectivity index (χ0) is 15.0. The minimum atomic E-state index is -0.277. The fraction of sp³-hybridized carbons (Fsp3) is 0.562. The Balaban J connectivity index is 1.96. The largest absolute Gasteiger partial charge is 0.419 e. The van der Waals surface area contributed by atoms with Crippen LogP contribution in [0.2, 0.25) is 0 Å². The summed E-state index contributed by atoms with van der Waals surface area (Å²) in [7, 11) is 0. The highest BCUT2D eigenvalue weighted by atomic mass is 79.9. The van der Waals surface area contributed by atoms with Gasteiger partial charge in [0.2, 0.25) is 0 Å². The van der Waals surface area contributed by atoms with Gasteiger partial charge < -0.3 is 9.15 Å². The number of aryl methyl sites for hydroxylation is 1. The van der Waals surface area contributed by atoms with Crippen LogP contribution in [0.15, 0.2) is 27.4 Å². The van der Waals surface area contributed by atoms with E-state index in [1.807, 2.05) is 19.1 Å². The Labute approximate surface area is 132 Å². The number of nitrogens with zero attached hydrogens (tertiary/aromatic N) is 1. The van der Waals surface area contributed by atoms with Crippen LogP contribution in [0.4, 0.5) is 0 Å². The van der Waals surface area contributed by atoms with E-state index < -0.39 is 0 Å². The summed E-state index contributed by atoms with van der Waals surface area (Å²) in [4.78, 5) is 12.0. The second-order valence-electron chi connectivity index (χ2n) is 5.75. The number of rotatable bonds is 4. The molecule has 0 radical (unpaired) electrons. The predicted octanol–water partition coefficient (Wildman–Crippen LogP) is 3.87. The second kappa shape index (κ2) is 5.97. The molecule has 1 aromatic heterocycles. The molecule has 1 saturated heterocycles. The molecule has 2 heterocycles. The van der Waals surface area contributed by atoms with Gasteiger partial charge in [-0.25, -0.2) is 4.79 Å². The van der Waals surface area contributed by atoms with Crippen molar-refractivity contribution in [2.75, 3.05) is 6.61 Å². The first kappa shape index (κ1) is 14.9. The van der Waals surface area contributed by atoms with Crippen molar-refractivity contribution < 1.29 is 9.15 Å². The van der Waals surface area contributed by atoms with Gasteiger partial charge in [-0.3, -0.25) is 4.57 Å². The first-order chi connectivity index (χ1) is 10.1. The lowest BCUT2D eigenvalue weighted by Gasteiger charge is -2.21. The molecule has 3 rings (SSSR count). The van der Waals surface area contributed by atoms with Crippen LogP contribution in [0, 0.1) is 5.92 Å². The molecule has 1 aliphatic rings. The Morgan fingerprint density at radius 2 is 2.29 bits per heavy atom. The molecule has 1 aliphatic heterocycles. The number of aromatic nitrogens is 1. The molecule has 3 unspecified atom stereocenters. The molecule has 0 aliphatic carbocycles. The smallest absolute Gasteiger partial charge is 0.408 e. The molecule has 0 saturated carbocycles. The number of hydrogen-bond donors (Lipinski definition) is 0. The first-order valence-corrected chi connectivity index (χ1v) is 8.42. The molecule has 0 spiro atoms.